The molecule has 0 spiro atoms. The van der Waals surface area contributed by atoms with Crippen LogP contribution < -0.4 is 10.5 Å². The summed E-state index contributed by atoms with van der Waals surface area (Å²) in [6.45, 7) is 0.334. The monoisotopic (exact) mass is 215 g/mol. The third-order valence-corrected chi connectivity index (χ3v) is 2.94. The number of rotatable bonds is 5. The molecule has 0 amide bonds. The summed E-state index contributed by atoms with van der Waals surface area (Å²) in [7, 11) is -3.24. The van der Waals surface area contributed by atoms with Gasteiger partial charge in [-0.3, -0.25) is 4.98 Å². The molecule has 0 aliphatic carbocycles. The highest BCUT2D eigenvalue weighted by atomic mass is 32.2. The number of pyridine rings is 1. The fourth-order valence-electron chi connectivity index (χ4n) is 0.914. The number of sulfonamides is 1. The van der Waals surface area contributed by atoms with E-state index in [-0.39, 0.29) is 18.8 Å². The quantitative estimate of drug-likeness (QED) is 0.690. The first-order chi connectivity index (χ1) is 6.64. The number of nitrogens with one attached hydrogen (secondary N) is 1. The van der Waals surface area contributed by atoms with Gasteiger partial charge in [0, 0.05) is 12.7 Å². The van der Waals surface area contributed by atoms with E-state index in [0.29, 0.717) is 5.69 Å². The van der Waals surface area contributed by atoms with Crippen molar-refractivity contribution in [2.24, 2.45) is 5.73 Å². The van der Waals surface area contributed by atoms with E-state index >= 15 is 0 Å². The van der Waals surface area contributed by atoms with Gasteiger partial charge in [0.1, 0.15) is 0 Å². The van der Waals surface area contributed by atoms with Gasteiger partial charge in [0.25, 0.3) is 0 Å². The molecule has 1 rings (SSSR count). The lowest BCUT2D eigenvalue weighted by atomic mass is 10.4. The molecule has 0 aromatic carbocycles. The van der Waals surface area contributed by atoms with Crippen LogP contribution in [-0.2, 0) is 16.6 Å². The van der Waals surface area contributed by atoms with Gasteiger partial charge in [-0.15, -0.1) is 0 Å². The van der Waals surface area contributed by atoms with Crippen molar-refractivity contribution in [2.75, 3.05) is 12.3 Å². The summed E-state index contributed by atoms with van der Waals surface area (Å²) >= 11 is 0. The molecule has 78 valence electrons. The Labute approximate surface area is 83.4 Å². The highest BCUT2D eigenvalue weighted by molar-refractivity contribution is 7.89. The Morgan fingerprint density at radius 1 is 1.43 bits per heavy atom. The zero-order chi connectivity index (χ0) is 10.4. The molecule has 14 heavy (non-hydrogen) atoms. The van der Waals surface area contributed by atoms with Gasteiger partial charge in [-0.1, -0.05) is 6.07 Å². The van der Waals surface area contributed by atoms with E-state index < -0.39 is 10.0 Å². The van der Waals surface area contributed by atoms with Gasteiger partial charge in [-0.05, 0) is 12.1 Å². The standard InChI is InChI=1S/C8H13N3O2S/c9-4-6-14(12,13)11-7-8-3-1-2-5-10-8/h1-3,5,11H,4,6-7,9H2. The molecule has 1 aromatic rings. The zero-order valence-electron chi connectivity index (χ0n) is 7.68. The summed E-state index contributed by atoms with van der Waals surface area (Å²) in [6, 6.07) is 5.34. The van der Waals surface area contributed by atoms with Gasteiger partial charge in [0.15, 0.2) is 0 Å². The maximum absolute atomic E-state index is 11.2. The lowest BCUT2D eigenvalue weighted by Gasteiger charge is -2.04. The SMILES string of the molecule is NCCS(=O)(=O)NCc1ccccn1. The van der Waals surface area contributed by atoms with Crippen LogP contribution in [0.1, 0.15) is 5.69 Å². The minimum atomic E-state index is -3.24. The van der Waals surface area contributed by atoms with Crippen LogP contribution in [0.25, 0.3) is 0 Å². The molecule has 3 N–H and O–H groups in total. The third-order valence-electron chi connectivity index (χ3n) is 1.59. The minimum absolute atomic E-state index is 0.0557. The summed E-state index contributed by atoms with van der Waals surface area (Å²) in [5.74, 6) is -0.0557. The number of nitrogens with zero attached hydrogens (tertiary/aromatic N) is 1. The molecular formula is C8H13N3O2S. The Balaban J connectivity index is 2.49. The molecule has 0 fully saturated rings. The van der Waals surface area contributed by atoms with Crippen molar-refractivity contribution in [3.05, 3.63) is 30.1 Å². The van der Waals surface area contributed by atoms with Crippen LogP contribution in [0.15, 0.2) is 24.4 Å². The van der Waals surface area contributed by atoms with Crippen LogP contribution in [0.5, 0.6) is 0 Å². The number of hydrogen-bond acceptors (Lipinski definition) is 4. The molecule has 0 aliphatic heterocycles. The zero-order valence-corrected chi connectivity index (χ0v) is 8.50. The predicted octanol–water partition coefficient (Wildman–Crippen LogP) is -0.540. The first kappa shape index (κ1) is 11.1. The highest BCUT2D eigenvalue weighted by Gasteiger charge is 2.07. The van der Waals surface area contributed by atoms with E-state index in [0.717, 1.165) is 0 Å². The topological polar surface area (TPSA) is 85.1 Å². The molecule has 0 bridgehead atoms. The summed E-state index contributed by atoms with van der Waals surface area (Å²) in [5.41, 5.74) is 5.84. The van der Waals surface area contributed by atoms with E-state index in [1.807, 2.05) is 0 Å². The van der Waals surface area contributed by atoms with E-state index in [1.165, 1.54) is 0 Å². The molecule has 1 aromatic heterocycles. The summed E-state index contributed by atoms with van der Waals surface area (Å²) in [4.78, 5) is 3.98. The van der Waals surface area contributed by atoms with Gasteiger partial charge in [-0.2, -0.15) is 0 Å². The van der Waals surface area contributed by atoms with Crippen molar-refractivity contribution in [1.82, 2.24) is 9.71 Å². The maximum Gasteiger partial charge on any atom is 0.213 e. The number of nitrogens with two attached hydrogens (primary N) is 1. The third kappa shape index (κ3) is 3.82. The van der Waals surface area contributed by atoms with E-state index in [1.54, 1.807) is 24.4 Å². The molecule has 0 saturated carbocycles. The second-order valence-corrected chi connectivity index (χ2v) is 4.68. The van der Waals surface area contributed by atoms with Gasteiger partial charge in [0.2, 0.25) is 10.0 Å². The molecule has 0 atom stereocenters. The fourth-order valence-corrected chi connectivity index (χ4v) is 1.74. The largest absolute Gasteiger partial charge is 0.329 e. The van der Waals surface area contributed by atoms with Crippen molar-refractivity contribution in [2.45, 2.75) is 6.54 Å². The van der Waals surface area contributed by atoms with Gasteiger partial charge in [0.05, 0.1) is 18.0 Å². The van der Waals surface area contributed by atoms with E-state index in [9.17, 15) is 8.42 Å². The number of hydrogen-bond donors (Lipinski definition) is 2. The second-order valence-electron chi connectivity index (χ2n) is 2.75. The van der Waals surface area contributed by atoms with Crippen molar-refractivity contribution in [3.8, 4) is 0 Å². The molecule has 0 unspecified atom stereocenters. The molecule has 0 aliphatic rings. The smallest absolute Gasteiger partial charge is 0.213 e. The van der Waals surface area contributed by atoms with E-state index in [2.05, 4.69) is 9.71 Å². The Bertz CT molecular complexity index is 363. The van der Waals surface area contributed by atoms with Crippen LogP contribution in [0.2, 0.25) is 0 Å². The molecule has 1 heterocycles. The first-order valence-electron chi connectivity index (χ1n) is 4.21. The van der Waals surface area contributed by atoms with Crippen molar-refractivity contribution >= 4 is 10.0 Å². The normalized spacial score (nSPS) is 11.5. The highest BCUT2D eigenvalue weighted by Crippen LogP contribution is 1.93. The molecule has 6 heteroatoms. The Morgan fingerprint density at radius 2 is 2.21 bits per heavy atom. The molecule has 5 nitrogen and oxygen atoms in total. The second kappa shape index (κ2) is 5.04. The Hall–Kier alpha value is -0.980. The van der Waals surface area contributed by atoms with Crippen molar-refractivity contribution < 1.29 is 8.42 Å². The van der Waals surface area contributed by atoms with Crippen LogP contribution in [0.3, 0.4) is 0 Å². The molecule has 0 radical (unpaired) electrons. The average molecular weight is 215 g/mol. The average Bonchev–Trinajstić information content (AvgIpc) is 2.17. The van der Waals surface area contributed by atoms with Crippen LogP contribution in [0.4, 0.5) is 0 Å². The molecular weight excluding hydrogens is 202 g/mol. The summed E-state index contributed by atoms with van der Waals surface area (Å²) < 4.78 is 24.8. The first-order valence-corrected chi connectivity index (χ1v) is 5.86. The van der Waals surface area contributed by atoms with Gasteiger partial charge >= 0.3 is 0 Å². The van der Waals surface area contributed by atoms with Crippen molar-refractivity contribution in [3.63, 3.8) is 0 Å². The lowest BCUT2D eigenvalue weighted by molar-refractivity contribution is 0.580. The Morgan fingerprint density at radius 3 is 2.79 bits per heavy atom. The Kier molecular flexibility index (Phi) is 3.99. The minimum Gasteiger partial charge on any atom is -0.329 e. The van der Waals surface area contributed by atoms with E-state index in [4.69, 9.17) is 5.73 Å². The van der Waals surface area contributed by atoms with Gasteiger partial charge in [-0.25, -0.2) is 13.1 Å². The summed E-state index contributed by atoms with van der Waals surface area (Å²) in [6.07, 6.45) is 1.62. The van der Waals surface area contributed by atoms with Crippen LogP contribution in [-0.4, -0.2) is 25.7 Å². The summed E-state index contributed by atoms with van der Waals surface area (Å²) in [5, 5.41) is 0. The number of aromatic nitrogens is 1. The van der Waals surface area contributed by atoms with Gasteiger partial charge < -0.3 is 5.73 Å². The lowest BCUT2D eigenvalue weighted by Crippen LogP contribution is -2.29. The van der Waals surface area contributed by atoms with Crippen LogP contribution >= 0.6 is 0 Å². The fraction of sp³-hybridized carbons (Fsp3) is 0.375. The molecule has 0 saturated heterocycles. The van der Waals surface area contributed by atoms with Crippen LogP contribution in [0, 0.1) is 0 Å². The predicted molar refractivity (Wildman–Crippen MR) is 53.9 cm³/mol. The van der Waals surface area contributed by atoms with Crippen molar-refractivity contribution in [1.29, 1.82) is 0 Å². The maximum atomic E-state index is 11.2.